The SMILES string of the molecule is CC/C=C\C/C=C/C/C=C\CCCCCCCC(=O)OCC(O)CO. The fourth-order valence-electron chi connectivity index (χ4n) is 2.20. The van der Waals surface area contributed by atoms with Crippen molar-refractivity contribution in [3.8, 4) is 0 Å². The minimum atomic E-state index is -0.967. The predicted octanol–water partition coefficient (Wildman–Crippen LogP) is 4.47. The molecule has 0 radical (unpaired) electrons. The zero-order chi connectivity index (χ0) is 18.6. The number of carbonyl (C=O) groups excluding carboxylic acids is 1. The predicted molar refractivity (Wildman–Crippen MR) is 103 cm³/mol. The molecule has 2 N–H and O–H groups in total. The first-order chi connectivity index (χ1) is 12.2. The molecule has 0 heterocycles. The van der Waals surface area contributed by atoms with Crippen molar-refractivity contribution < 1.29 is 19.7 Å². The number of hydrogen-bond donors (Lipinski definition) is 2. The molecule has 4 nitrogen and oxygen atoms in total. The van der Waals surface area contributed by atoms with E-state index < -0.39 is 6.10 Å². The topological polar surface area (TPSA) is 66.8 Å². The van der Waals surface area contributed by atoms with E-state index in [0.29, 0.717) is 6.42 Å². The van der Waals surface area contributed by atoms with Gasteiger partial charge >= 0.3 is 5.97 Å². The van der Waals surface area contributed by atoms with Gasteiger partial charge in [0.15, 0.2) is 0 Å². The van der Waals surface area contributed by atoms with Gasteiger partial charge in [-0.15, -0.1) is 0 Å². The Morgan fingerprint density at radius 1 is 0.920 bits per heavy atom. The van der Waals surface area contributed by atoms with E-state index in [1.165, 1.54) is 12.8 Å². The third kappa shape index (κ3) is 18.8. The molecule has 0 rings (SSSR count). The van der Waals surface area contributed by atoms with Gasteiger partial charge in [-0.1, -0.05) is 62.6 Å². The second-order valence-electron chi connectivity index (χ2n) is 6.12. The first-order valence-electron chi connectivity index (χ1n) is 9.60. The molecule has 0 saturated heterocycles. The standard InChI is InChI=1S/C21H36O4/c1-2-3-4-5-6-7-8-9-10-11-12-13-14-15-16-17-21(24)25-19-20(23)18-22/h3-4,6-7,9-10,20,22-23H,2,5,8,11-19H2,1H3/b4-3-,7-6+,10-9-. The van der Waals surface area contributed by atoms with Crippen molar-refractivity contribution in [1.82, 2.24) is 0 Å². The second-order valence-corrected chi connectivity index (χ2v) is 6.12. The van der Waals surface area contributed by atoms with Gasteiger partial charge in [-0.3, -0.25) is 4.79 Å². The largest absolute Gasteiger partial charge is 0.463 e. The van der Waals surface area contributed by atoms with Crippen LogP contribution >= 0.6 is 0 Å². The van der Waals surface area contributed by atoms with Crippen molar-refractivity contribution in [2.24, 2.45) is 0 Å². The third-order valence-electron chi connectivity index (χ3n) is 3.68. The van der Waals surface area contributed by atoms with E-state index in [2.05, 4.69) is 43.4 Å². The Balaban J connectivity index is 3.34. The summed E-state index contributed by atoms with van der Waals surface area (Å²) in [6.45, 7) is 1.64. The van der Waals surface area contributed by atoms with Crippen LogP contribution in [-0.2, 0) is 9.53 Å². The first kappa shape index (κ1) is 23.6. The number of unbranched alkanes of at least 4 members (excludes halogenated alkanes) is 5. The minimum Gasteiger partial charge on any atom is -0.463 e. The Bertz CT molecular complexity index is 385. The lowest BCUT2D eigenvalue weighted by atomic mass is 10.1. The highest BCUT2D eigenvalue weighted by atomic mass is 16.5. The first-order valence-corrected chi connectivity index (χ1v) is 9.60. The molecule has 0 aromatic rings. The van der Waals surface area contributed by atoms with Crippen LogP contribution in [0.1, 0.15) is 71.1 Å². The Hall–Kier alpha value is -1.39. The van der Waals surface area contributed by atoms with Crippen LogP contribution in [-0.4, -0.2) is 35.5 Å². The molecule has 0 aromatic heterocycles. The van der Waals surface area contributed by atoms with Crippen LogP contribution in [0.3, 0.4) is 0 Å². The Kier molecular flexibility index (Phi) is 17.9. The van der Waals surface area contributed by atoms with Gasteiger partial charge in [-0.05, 0) is 38.5 Å². The lowest BCUT2D eigenvalue weighted by Crippen LogP contribution is -2.21. The van der Waals surface area contributed by atoms with Crippen LogP contribution in [0, 0.1) is 0 Å². The number of carbonyl (C=O) groups is 1. The lowest BCUT2D eigenvalue weighted by Gasteiger charge is -2.08. The second kappa shape index (κ2) is 18.9. The molecule has 1 unspecified atom stereocenters. The molecule has 0 aliphatic rings. The van der Waals surface area contributed by atoms with Gasteiger partial charge in [0.1, 0.15) is 12.7 Å². The summed E-state index contributed by atoms with van der Waals surface area (Å²) in [6.07, 6.45) is 22.3. The number of hydrogen-bond acceptors (Lipinski definition) is 4. The van der Waals surface area contributed by atoms with Crippen LogP contribution in [0.5, 0.6) is 0 Å². The normalized spacial score (nSPS) is 13.2. The van der Waals surface area contributed by atoms with E-state index in [1.807, 2.05) is 0 Å². The summed E-state index contributed by atoms with van der Waals surface area (Å²) in [5.74, 6) is -0.298. The monoisotopic (exact) mass is 352 g/mol. The molecule has 0 aromatic carbocycles. The summed E-state index contributed by atoms with van der Waals surface area (Å²) in [4.78, 5) is 11.4. The lowest BCUT2D eigenvalue weighted by molar-refractivity contribution is -0.147. The minimum absolute atomic E-state index is 0.119. The molecule has 0 aliphatic heterocycles. The number of rotatable bonds is 16. The molecule has 0 amide bonds. The van der Waals surface area contributed by atoms with E-state index in [0.717, 1.165) is 44.9 Å². The fourth-order valence-corrected chi connectivity index (χ4v) is 2.20. The zero-order valence-electron chi connectivity index (χ0n) is 15.7. The van der Waals surface area contributed by atoms with Crippen LogP contribution in [0.15, 0.2) is 36.5 Å². The van der Waals surface area contributed by atoms with Gasteiger partial charge in [-0.25, -0.2) is 0 Å². The van der Waals surface area contributed by atoms with E-state index in [1.54, 1.807) is 0 Å². The summed E-state index contributed by atoms with van der Waals surface area (Å²) < 4.78 is 4.85. The van der Waals surface area contributed by atoms with Crippen molar-refractivity contribution in [1.29, 1.82) is 0 Å². The van der Waals surface area contributed by atoms with Crippen LogP contribution in [0.4, 0.5) is 0 Å². The van der Waals surface area contributed by atoms with Gasteiger partial charge in [0.25, 0.3) is 0 Å². The zero-order valence-corrected chi connectivity index (χ0v) is 15.7. The average molecular weight is 353 g/mol. The molecule has 4 heteroatoms. The Morgan fingerprint density at radius 2 is 1.52 bits per heavy atom. The van der Waals surface area contributed by atoms with Gasteiger partial charge in [0, 0.05) is 6.42 Å². The molecule has 0 saturated carbocycles. The van der Waals surface area contributed by atoms with E-state index >= 15 is 0 Å². The molecule has 1 atom stereocenters. The van der Waals surface area contributed by atoms with Gasteiger partial charge in [-0.2, -0.15) is 0 Å². The van der Waals surface area contributed by atoms with Crippen molar-refractivity contribution >= 4 is 5.97 Å². The van der Waals surface area contributed by atoms with Crippen molar-refractivity contribution in [3.05, 3.63) is 36.5 Å². The van der Waals surface area contributed by atoms with Gasteiger partial charge < -0.3 is 14.9 Å². The van der Waals surface area contributed by atoms with Crippen molar-refractivity contribution in [2.75, 3.05) is 13.2 Å². The summed E-state index contributed by atoms with van der Waals surface area (Å²) in [7, 11) is 0. The van der Waals surface area contributed by atoms with Gasteiger partial charge in [0.05, 0.1) is 6.61 Å². The molecule has 0 bridgehead atoms. The quantitative estimate of drug-likeness (QED) is 0.244. The highest BCUT2D eigenvalue weighted by Gasteiger charge is 2.07. The molecular formula is C21H36O4. The molecular weight excluding hydrogens is 316 g/mol. The maximum absolute atomic E-state index is 11.4. The molecule has 0 fully saturated rings. The third-order valence-corrected chi connectivity index (χ3v) is 3.68. The smallest absolute Gasteiger partial charge is 0.305 e. The van der Waals surface area contributed by atoms with Gasteiger partial charge in [0.2, 0.25) is 0 Å². The molecule has 0 spiro atoms. The van der Waals surface area contributed by atoms with E-state index in [-0.39, 0.29) is 19.2 Å². The summed E-state index contributed by atoms with van der Waals surface area (Å²) >= 11 is 0. The summed E-state index contributed by atoms with van der Waals surface area (Å²) in [5.41, 5.74) is 0. The Morgan fingerprint density at radius 3 is 2.20 bits per heavy atom. The molecule has 0 aliphatic carbocycles. The van der Waals surface area contributed by atoms with Crippen molar-refractivity contribution in [2.45, 2.75) is 77.2 Å². The maximum atomic E-state index is 11.4. The van der Waals surface area contributed by atoms with E-state index in [4.69, 9.17) is 14.9 Å². The number of aliphatic hydroxyl groups excluding tert-OH is 2. The highest BCUT2D eigenvalue weighted by molar-refractivity contribution is 5.69. The van der Waals surface area contributed by atoms with Crippen LogP contribution in [0.2, 0.25) is 0 Å². The number of allylic oxidation sites excluding steroid dienone is 6. The summed E-state index contributed by atoms with van der Waals surface area (Å²) in [6, 6.07) is 0. The number of aliphatic hydroxyl groups is 2. The highest BCUT2D eigenvalue weighted by Crippen LogP contribution is 2.08. The average Bonchev–Trinajstić information content (AvgIpc) is 2.62. The van der Waals surface area contributed by atoms with Crippen LogP contribution < -0.4 is 0 Å². The number of esters is 1. The Labute approximate surface area is 153 Å². The fraction of sp³-hybridized carbons (Fsp3) is 0.667. The van der Waals surface area contributed by atoms with Crippen LogP contribution in [0.25, 0.3) is 0 Å². The molecule has 25 heavy (non-hydrogen) atoms. The van der Waals surface area contributed by atoms with Crippen molar-refractivity contribution in [3.63, 3.8) is 0 Å². The number of ether oxygens (including phenoxy) is 1. The summed E-state index contributed by atoms with van der Waals surface area (Å²) in [5, 5.41) is 17.7. The maximum Gasteiger partial charge on any atom is 0.305 e. The molecule has 144 valence electrons. The van der Waals surface area contributed by atoms with E-state index in [9.17, 15) is 4.79 Å².